The number of esters is 1. The standard InChI is InChI=1S/C13H17NO4/c1-16-12-10(3-2-4-11(12)14)13(15)18-8-17-7-9-5-6-9/h2-4,9H,5-8,14H2,1H3. The van der Waals surface area contributed by atoms with Crippen molar-refractivity contribution < 1.29 is 19.0 Å². The number of methoxy groups -OCH3 is 1. The minimum Gasteiger partial charge on any atom is -0.494 e. The van der Waals surface area contributed by atoms with Crippen LogP contribution in [0.4, 0.5) is 5.69 Å². The second-order valence-electron chi connectivity index (χ2n) is 4.29. The van der Waals surface area contributed by atoms with E-state index in [0.717, 1.165) is 0 Å². The van der Waals surface area contributed by atoms with E-state index in [2.05, 4.69) is 0 Å². The second-order valence-corrected chi connectivity index (χ2v) is 4.29. The molecule has 98 valence electrons. The Morgan fingerprint density at radius 2 is 2.22 bits per heavy atom. The molecule has 0 aliphatic heterocycles. The molecule has 2 rings (SSSR count). The fourth-order valence-corrected chi connectivity index (χ4v) is 1.62. The molecule has 0 atom stereocenters. The Labute approximate surface area is 106 Å². The highest BCUT2D eigenvalue weighted by atomic mass is 16.7. The number of anilines is 1. The van der Waals surface area contributed by atoms with E-state index in [1.165, 1.54) is 20.0 Å². The number of nitrogen functional groups attached to an aromatic ring is 1. The summed E-state index contributed by atoms with van der Waals surface area (Å²) in [6, 6.07) is 4.96. The van der Waals surface area contributed by atoms with Crippen LogP contribution in [0.15, 0.2) is 18.2 Å². The lowest BCUT2D eigenvalue weighted by molar-refractivity contribution is -0.0346. The van der Waals surface area contributed by atoms with Crippen LogP contribution in [0, 0.1) is 5.92 Å². The maximum absolute atomic E-state index is 11.8. The zero-order valence-corrected chi connectivity index (χ0v) is 10.3. The summed E-state index contributed by atoms with van der Waals surface area (Å²) in [5.74, 6) is 0.491. The van der Waals surface area contributed by atoms with E-state index in [1.807, 2.05) is 0 Å². The van der Waals surface area contributed by atoms with Crippen molar-refractivity contribution in [2.75, 3.05) is 26.2 Å². The zero-order valence-electron chi connectivity index (χ0n) is 10.3. The Morgan fingerprint density at radius 1 is 1.44 bits per heavy atom. The van der Waals surface area contributed by atoms with Gasteiger partial charge in [0.1, 0.15) is 5.56 Å². The van der Waals surface area contributed by atoms with Gasteiger partial charge in [0.05, 0.1) is 19.4 Å². The highest BCUT2D eigenvalue weighted by Gasteiger charge is 2.21. The molecule has 0 amide bonds. The van der Waals surface area contributed by atoms with Gasteiger partial charge in [-0.05, 0) is 30.9 Å². The smallest absolute Gasteiger partial charge is 0.344 e. The van der Waals surface area contributed by atoms with Gasteiger partial charge in [0.25, 0.3) is 0 Å². The van der Waals surface area contributed by atoms with Crippen molar-refractivity contribution in [2.45, 2.75) is 12.8 Å². The number of ether oxygens (including phenoxy) is 3. The third-order valence-corrected chi connectivity index (χ3v) is 2.79. The Balaban J connectivity index is 1.88. The van der Waals surface area contributed by atoms with Gasteiger partial charge in [-0.1, -0.05) is 6.07 Å². The van der Waals surface area contributed by atoms with Gasteiger partial charge < -0.3 is 19.9 Å². The molecule has 1 aromatic carbocycles. The third kappa shape index (κ3) is 3.13. The summed E-state index contributed by atoms with van der Waals surface area (Å²) in [6.45, 7) is 0.620. The Bertz CT molecular complexity index is 429. The summed E-state index contributed by atoms with van der Waals surface area (Å²) in [7, 11) is 1.46. The fourth-order valence-electron chi connectivity index (χ4n) is 1.62. The van der Waals surface area contributed by atoms with E-state index in [1.54, 1.807) is 18.2 Å². The lowest BCUT2D eigenvalue weighted by atomic mass is 10.2. The molecule has 1 aliphatic carbocycles. The molecule has 5 heteroatoms. The molecule has 0 saturated heterocycles. The second kappa shape index (κ2) is 5.73. The van der Waals surface area contributed by atoms with E-state index >= 15 is 0 Å². The molecule has 0 bridgehead atoms. The first-order chi connectivity index (χ1) is 8.72. The van der Waals surface area contributed by atoms with Crippen molar-refractivity contribution in [3.05, 3.63) is 23.8 Å². The van der Waals surface area contributed by atoms with E-state index in [9.17, 15) is 4.79 Å². The molecular weight excluding hydrogens is 234 g/mol. The summed E-state index contributed by atoms with van der Waals surface area (Å²) in [5, 5.41) is 0. The first kappa shape index (κ1) is 12.7. The van der Waals surface area contributed by atoms with Gasteiger partial charge in [-0.15, -0.1) is 0 Å². The fraction of sp³-hybridized carbons (Fsp3) is 0.462. The van der Waals surface area contributed by atoms with Crippen LogP contribution in [0.2, 0.25) is 0 Å². The SMILES string of the molecule is COc1c(N)cccc1C(=O)OCOCC1CC1. The molecule has 0 radical (unpaired) electrons. The van der Waals surface area contributed by atoms with Gasteiger partial charge in [-0.25, -0.2) is 4.79 Å². The maximum Gasteiger partial charge on any atom is 0.344 e. The predicted molar refractivity (Wildman–Crippen MR) is 66.4 cm³/mol. The van der Waals surface area contributed by atoms with Crippen LogP contribution in [0.3, 0.4) is 0 Å². The highest BCUT2D eigenvalue weighted by molar-refractivity contribution is 5.94. The Hall–Kier alpha value is -1.75. The van der Waals surface area contributed by atoms with E-state index in [0.29, 0.717) is 29.5 Å². The van der Waals surface area contributed by atoms with Gasteiger partial charge >= 0.3 is 5.97 Å². The molecule has 2 N–H and O–H groups in total. The third-order valence-electron chi connectivity index (χ3n) is 2.79. The number of hydrogen-bond donors (Lipinski definition) is 1. The molecule has 0 aromatic heterocycles. The Morgan fingerprint density at radius 3 is 2.89 bits per heavy atom. The van der Waals surface area contributed by atoms with E-state index in [-0.39, 0.29) is 6.79 Å². The summed E-state index contributed by atoms with van der Waals surface area (Å²) in [6.07, 6.45) is 2.41. The van der Waals surface area contributed by atoms with Crippen LogP contribution in [0.1, 0.15) is 23.2 Å². The van der Waals surface area contributed by atoms with Crippen molar-refractivity contribution in [3.8, 4) is 5.75 Å². The highest BCUT2D eigenvalue weighted by Crippen LogP contribution is 2.29. The monoisotopic (exact) mass is 251 g/mol. The van der Waals surface area contributed by atoms with Crippen LogP contribution in [-0.4, -0.2) is 26.5 Å². The van der Waals surface area contributed by atoms with Crippen LogP contribution in [0.25, 0.3) is 0 Å². The molecule has 0 heterocycles. The summed E-state index contributed by atoms with van der Waals surface area (Å²) in [5.41, 5.74) is 6.43. The quantitative estimate of drug-likeness (QED) is 0.361. The van der Waals surface area contributed by atoms with E-state index in [4.69, 9.17) is 19.9 Å². The first-order valence-corrected chi connectivity index (χ1v) is 5.89. The first-order valence-electron chi connectivity index (χ1n) is 5.89. The molecule has 18 heavy (non-hydrogen) atoms. The molecule has 0 unspecified atom stereocenters. The van der Waals surface area contributed by atoms with Crippen LogP contribution < -0.4 is 10.5 Å². The molecule has 1 fully saturated rings. The van der Waals surface area contributed by atoms with Crippen molar-refractivity contribution in [1.82, 2.24) is 0 Å². The average Bonchev–Trinajstić information content (AvgIpc) is 3.18. The number of benzene rings is 1. The largest absolute Gasteiger partial charge is 0.494 e. The van der Waals surface area contributed by atoms with Crippen molar-refractivity contribution in [3.63, 3.8) is 0 Å². The Kier molecular flexibility index (Phi) is 4.04. The van der Waals surface area contributed by atoms with Gasteiger partial charge in [-0.3, -0.25) is 0 Å². The summed E-state index contributed by atoms with van der Waals surface area (Å²) < 4.78 is 15.3. The van der Waals surface area contributed by atoms with E-state index < -0.39 is 5.97 Å². The molecule has 1 saturated carbocycles. The van der Waals surface area contributed by atoms with Crippen molar-refractivity contribution >= 4 is 11.7 Å². The molecular formula is C13H17NO4. The van der Waals surface area contributed by atoms with Gasteiger partial charge in [-0.2, -0.15) is 0 Å². The lowest BCUT2D eigenvalue weighted by Gasteiger charge is -2.10. The van der Waals surface area contributed by atoms with Crippen LogP contribution in [-0.2, 0) is 9.47 Å². The predicted octanol–water partition coefficient (Wildman–Crippen LogP) is 1.82. The number of carbonyl (C=O) groups excluding carboxylic acids is 1. The normalized spacial score (nSPS) is 14.3. The lowest BCUT2D eigenvalue weighted by Crippen LogP contribution is -2.11. The topological polar surface area (TPSA) is 70.8 Å². The summed E-state index contributed by atoms with van der Waals surface area (Å²) >= 11 is 0. The molecule has 1 aromatic rings. The molecule has 0 spiro atoms. The number of carbonyl (C=O) groups is 1. The summed E-state index contributed by atoms with van der Waals surface area (Å²) in [4.78, 5) is 11.8. The van der Waals surface area contributed by atoms with Crippen LogP contribution >= 0.6 is 0 Å². The molecule has 5 nitrogen and oxygen atoms in total. The minimum atomic E-state index is -0.491. The number of rotatable bonds is 6. The van der Waals surface area contributed by atoms with Crippen molar-refractivity contribution in [2.24, 2.45) is 5.92 Å². The van der Waals surface area contributed by atoms with Crippen molar-refractivity contribution in [1.29, 1.82) is 0 Å². The zero-order chi connectivity index (χ0) is 13.0. The van der Waals surface area contributed by atoms with Gasteiger partial charge in [0.2, 0.25) is 0 Å². The number of hydrogen-bond acceptors (Lipinski definition) is 5. The average molecular weight is 251 g/mol. The number of nitrogens with two attached hydrogens (primary N) is 1. The maximum atomic E-state index is 11.8. The number of para-hydroxylation sites is 1. The minimum absolute atomic E-state index is 0.0344. The van der Waals surface area contributed by atoms with Gasteiger partial charge in [0.15, 0.2) is 12.5 Å². The van der Waals surface area contributed by atoms with Gasteiger partial charge in [0, 0.05) is 0 Å². The van der Waals surface area contributed by atoms with Crippen LogP contribution in [0.5, 0.6) is 5.75 Å². The molecule has 1 aliphatic rings.